The summed E-state index contributed by atoms with van der Waals surface area (Å²) in [5.74, 6) is 0.174. The summed E-state index contributed by atoms with van der Waals surface area (Å²) in [6, 6.07) is 8.46. The van der Waals surface area contributed by atoms with Crippen molar-refractivity contribution in [3.63, 3.8) is 0 Å². The summed E-state index contributed by atoms with van der Waals surface area (Å²) in [5.41, 5.74) is 1.24. The third-order valence-electron chi connectivity index (χ3n) is 2.33. The second-order valence-corrected chi connectivity index (χ2v) is 4.17. The fraction of sp³-hybridized carbons (Fsp3) is 0.154. The van der Waals surface area contributed by atoms with E-state index in [9.17, 15) is 4.79 Å². The Morgan fingerprint density at radius 3 is 2.65 bits per heavy atom. The van der Waals surface area contributed by atoms with Gasteiger partial charge in [-0.05, 0) is 43.4 Å². The van der Waals surface area contributed by atoms with E-state index in [2.05, 4.69) is 20.3 Å². The van der Waals surface area contributed by atoms with Crippen molar-refractivity contribution in [1.29, 1.82) is 0 Å². The number of carbonyl (C=O) groups excluding carboxylic acids is 1. The average Bonchev–Trinajstić information content (AvgIpc) is 2.92. The van der Waals surface area contributed by atoms with Crippen molar-refractivity contribution in [3.05, 3.63) is 42.2 Å². The topological polar surface area (TPSA) is 76.4 Å². The molecule has 0 unspecified atom stereocenters. The number of thiocarbonyl (C=S) groups is 1. The normalized spacial score (nSPS) is 9.85. The van der Waals surface area contributed by atoms with Crippen molar-refractivity contribution in [2.75, 3.05) is 17.2 Å². The highest BCUT2D eigenvalue weighted by molar-refractivity contribution is 7.80. The fourth-order valence-electron chi connectivity index (χ4n) is 1.46. The molecule has 1 aromatic carbocycles. The molecule has 0 amide bonds. The van der Waals surface area contributed by atoms with Gasteiger partial charge in [0.25, 0.3) is 0 Å². The summed E-state index contributed by atoms with van der Waals surface area (Å²) >= 11 is 5.11. The van der Waals surface area contributed by atoms with Crippen LogP contribution in [-0.2, 0) is 4.74 Å². The Hall–Kier alpha value is -2.41. The van der Waals surface area contributed by atoms with Gasteiger partial charge in [-0.1, -0.05) is 5.16 Å². The van der Waals surface area contributed by atoms with E-state index in [-0.39, 0.29) is 5.97 Å². The van der Waals surface area contributed by atoms with E-state index in [0.717, 1.165) is 5.69 Å². The number of hydrogen-bond donors (Lipinski definition) is 2. The molecule has 2 aromatic rings. The molecule has 0 fully saturated rings. The zero-order valence-electron chi connectivity index (χ0n) is 10.8. The fourth-order valence-corrected chi connectivity index (χ4v) is 1.68. The number of carbonyl (C=O) groups is 1. The molecular formula is C13H13N3O3S. The predicted octanol–water partition coefficient (Wildman–Crippen LogP) is 2.66. The first kappa shape index (κ1) is 14.0. The number of rotatable bonds is 4. The highest BCUT2D eigenvalue weighted by atomic mass is 32.1. The second-order valence-electron chi connectivity index (χ2n) is 3.76. The zero-order chi connectivity index (χ0) is 14.4. The lowest BCUT2D eigenvalue weighted by atomic mass is 10.2. The molecule has 104 valence electrons. The molecule has 0 aliphatic carbocycles. The number of nitrogens with zero attached hydrogens (tertiary/aromatic N) is 1. The van der Waals surface area contributed by atoms with E-state index in [4.69, 9.17) is 17.0 Å². The molecule has 6 nitrogen and oxygen atoms in total. The van der Waals surface area contributed by atoms with Crippen LogP contribution < -0.4 is 10.6 Å². The van der Waals surface area contributed by atoms with Crippen molar-refractivity contribution in [3.8, 4) is 0 Å². The van der Waals surface area contributed by atoms with Crippen LogP contribution in [0.2, 0.25) is 0 Å². The van der Waals surface area contributed by atoms with Crippen LogP contribution in [0.1, 0.15) is 17.3 Å². The summed E-state index contributed by atoms with van der Waals surface area (Å²) in [7, 11) is 0. The number of hydrogen-bond acceptors (Lipinski definition) is 5. The van der Waals surface area contributed by atoms with E-state index >= 15 is 0 Å². The van der Waals surface area contributed by atoms with E-state index in [1.54, 1.807) is 37.3 Å². The lowest BCUT2D eigenvalue weighted by Gasteiger charge is -2.08. The first-order valence-corrected chi connectivity index (χ1v) is 6.35. The second kappa shape index (κ2) is 6.67. The molecule has 0 atom stereocenters. The largest absolute Gasteiger partial charge is 0.462 e. The molecule has 0 aliphatic heterocycles. The number of nitrogens with one attached hydrogen (secondary N) is 2. The minimum absolute atomic E-state index is 0.345. The minimum atomic E-state index is -0.345. The van der Waals surface area contributed by atoms with Crippen LogP contribution >= 0.6 is 12.2 Å². The molecule has 0 bridgehead atoms. The predicted molar refractivity (Wildman–Crippen MR) is 78.7 cm³/mol. The molecule has 20 heavy (non-hydrogen) atoms. The Morgan fingerprint density at radius 2 is 2.05 bits per heavy atom. The Morgan fingerprint density at radius 1 is 1.30 bits per heavy atom. The summed E-state index contributed by atoms with van der Waals surface area (Å²) in [6.45, 7) is 2.12. The quantitative estimate of drug-likeness (QED) is 0.662. The highest BCUT2D eigenvalue weighted by Gasteiger charge is 2.06. The van der Waals surface area contributed by atoms with Gasteiger partial charge in [0.2, 0.25) is 0 Å². The van der Waals surface area contributed by atoms with Gasteiger partial charge in [-0.25, -0.2) is 4.79 Å². The lowest BCUT2D eigenvalue weighted by molar-refractivity contribution is 0.0526. The summed E-state index contributed by atoms with van der Waals surface area (Å²) in [5, 5.41) is 9.88. The molecule has 0 saturated heterocycles. The zero-order valence-corrected chi connectivity index (χ0v) is 11.6. The number of benzene rings is 1. The molecule has 1 heterocycles. The number of esters is 1. The number of aromatic nitrogens is 1. The maximum absolute atomic E-state index is 11.5. The van der Waals surface area contributed by atoms with Crippen molar-refractivity contribution < 1.29 is 14.1 Å². The van der Waals surface area contributed by atoms with Crippen LogP contribution in [0.15, 0.2) is 41.1 Å². The van der Waals surface area contributed by atoms with Crippen molar-refractivity contribution in [2.24, 2.45) is 0 Å². The summed E-state index contributed by atoms with van der Waals surface area (Å²) in [6.07, 6.45) is 1.44. The maximum atomic E-state index is 11.5. The Bertz CT molecular complexity index is 581. The number of anilines is 2. The maximum Gasteiger partial charge on any atom is 0.338 e. The molecule has 0 radical (unpaired) electrons. The monoisotopic (exact) mass is 291 g/mol. The molecule has 0 aliphatic rings. The van der Waals surface area contributed by atoms with Crippen LogP contribution in [-0.4, -0.2) is 22.8 Å². The van der Waals surface area contributed by atoms with Gasteiger partial charge in [-0.3, -0.25) is 0 Å². The van der Waals surface area contributed by atoms with Crippen LogP contribution in [0.5, 0.6) is 0 Å². The first-order chi connectivity index (χ1) is 9.69. The van der Waals surface area contributed by atoms with Gasteiger partial charge in [0.1, 0.15) is 6.26 Å². The van der Waals surface area contributed by atoms with Crippen LogP contribution in [0.3, 0.4) is 0 Å². The molecule has 2 N–H and O–H groups in total. The van der Waals surface area contributed by atoms with Crippen LogP contribution in [0.4, 0.5) is 11.5 Å². The van der Waals surface area contributed by atoms with Crippen molar-refractivity contribution >= 4 is 34.8 Å². The third-order valence-corrected chi connectivity index (χ3v) is 2.54. The van der Waals surface area contributed by atoms with Gasteiger partial charge in [-0.15, -0.1) is 0 Å². The molecule has 0 spiro atoms. The van der Waals surface area contributed by atoms with E-state index in [0.29, 0.717) is 23.1 Å². The molecule has 2 rings (SSSR count). The van der Waals surface area contributed by atoms with Gasteiger partial charge in [-0.2, -0.15) is 0 Å². The Balaban J connectivity index is 1.93. The standard InChI is InChI=1S/C13H13N3O3S/c1-2-18-12(17)9-3-5-10(6-4-9)14-13(20)15-11-7-8-19-16-11/h3-8H,2H2,1H3,(H2,14,15,16,20). The van der Waals surface area contributed by atoms with Gasteiger partial charge in [0, 0.05) is 11.8 Å². The SMILES string of the molecule is CCOC(=O)c1ccc(NC(=S)Nc2ccon2)cc1. The Labute approximate surface area is 121 Å². The Kier molecular flexibility index (Phi) is 4.67. The van der Waals surface area contributed by atoms with Crippen LogP contribution in [0, 0.1) is 0 Å². The van der Waals surface area contributed by atoms with Crippen molar-refractivity contribution in [2.45, 2.75) is 6.92 Å². The number of ether oxygens (including phenoxy) is 1. The first-order valence-electron chi connectivity index (χ1n) is 5.94. The van der Waals surface area contributed by atoms with Crippen LogP contribution in [0.25, 0.3) is 0 Å². The van der Waals surface area contributed by atoms with Gasteiger partial charge >= 0.3 is 5.97 Å². The van der Waals surface area contributed by atoms with E-state index in [1.165, 1.54) is 6.26 Å². The summed E-state index contributed by atoms with van der Waals surface area (Å²) in [4.78, 5) is 11.5. The van der Waals surface area contributed by atoms with Crippen molar-refractivity contribution in [1.82, 2.24) is 5.16 Å². The van der Waals surface area contributed by atoms with Gasteiger partial charge in [0.05, 0.1) is 12.2 Å². The summed E-state index contributed by atoms with van der Waals surface area (Å²) < 4.78 is 9.58. The molecule has 1 aromatic heterocycles. The van der Waals surface area contributed by atoms with Gasteiger partial charge in [0.15, 0.2) is 10.9 Å². The highest BCUT2D eigenvalue weighted by Crippen LogP contribution is 2.11. The molecule has 7 heteroatoms. The lowest BCUT2D eigenvalue weighted by Crippen LogP contribution is -2.19. The third kappa shape index (κ3) is 3.79. The van der Waals surface area contributed by atoms with Gasteiger partial charge < -0.3 is 19.9 Å². The average molecular weight is 291 g/mol. The van der Waals surface area contributed by atoms with E-state index < -0.39 is 0 Å². The van der Waals surface area contributed by atoms with E-state index in [1.807, 2.05) is 0 Å². The minimum Gasteiger partial charge on any atom is -0.462 e. The molecule has 0 saturated carbocycles. The smallest absolute Gasteiger partial charge is 0.338 e. The molecular weight excluding hydrogens is 278 g/mol.